The molecule has 224 valence electrons. The summed E-state index contributed by atoms with van der Waals surface area (Å²) in [5, 5.41) is 13.4. The molecule has 3 aromatic rings. The topological polar surface area (TPSA) is 133 Å². The highest BCUT2D eigenvalue weighted by Crippen LogP contribution is 2.57. The molecule has 3 fully saturated rings. The number of carbonyl (C=O) groups excluding carboxylic acids is 2. The first-order valence-corrected chi connectivity index (χ1v) is 16.6. The van der Waals surface area contributed by atoms with Crippen LogP contribution in [0.3, 0.4) is 0 Å². The summed E-state index contributed by atoms with van der Waals surface area (Å²) in [6.45, 7) is 1.43. The number of fused-ring (bicyclic) bond motifs is 2. The Bertz CT molecular complexity index is 1670. The number of aromatic nitrogens is 2. The molecule has 1 saturated heterocycles. The van der Waals surface area contributed by atoms with Crippen LogP contribution in [-0.4, -0.2) is 60.9 Å². The van der Waals surface area contributed by atoms with Crippen LogP contribution in [0.1, 0.15) is 56.9 Å². The van der Waals surface area contributed by atoms with Gasteiger partial charge in [0.25, 0.3) is 0 Å². The monoisotopic (exact) mass is 601 g/mol. The van der Waals surface area contributed by atoms with Crippen molar-refractivity contribution in [3.05, 3.63) is 60.3 Å². The lowest BCUT2D eigenvalue weighted by Crippen LogP contribution is -2.44. The van der Waals surface area contributed by atoms with Gasteiger partial charge in [0.05, 0.1) is 21.3 Å². The van der Waals surface area contributed by atoms with E-state index in [2.05, 4.69) is 15.2 Å². The van der Waals surface area contributed by atoms with Gasteiger partial charge in [-0.1, -0.05) is 6.07 Å². The van der Waals surface area contributed by atoms with Crippen molar-refractivity contribution in [3.63, 3.8) is 0 Å². The number of aliphatic hydroxyl groups excluding tert-OH is 1. The number of piperidine rings is 1. The van der Waals surface area contributed by atoms with Gasteiger partial charge in [-0.3, -0.25) is 9.69 Å². The smallest absolute Gasteiger partial charge is 0.239 e. The first-order chi connectivity index (χ1) is 20.8. The van der Waals surface area contributed by atoms with Crippen molar-refractivity contribution in [1.82, 2.24) is 9.97 Å². The summed E-state index contributed by atoms with van der Waals surface area (Å²) >= 11 is 0. The van der Waals surface area contributed by atoms with Crippen molar-refractivity contribution in [2.45, 2.75) is 78.7 Å². The maximum atomic E-state index is 13.5. The van der Waals surface area contributed by atoms with Crippen LogP contribution >= 0.6 is 0 Å². The Morgan fingerprint density at radius 1 is 1.00 bits per heavy atom. The summed E-state index contributed by atoms with van der Waals surface area (Å²) in [4.78, 5) is 38.2. The Balaban J connectivity index is 1.09. The summed E-state index contributed by atoms with van der Waals surface area (Å²) in [7, 11) is -3.76. The van der Waals surface area contributed by atoms with E-state index in [-0.39, 0.29) is 27.7 Å². The number of nitrogens with one attached hydrogen (secondary N) is 1. The number of carbonyl (C=O) groups is 2. The van der Waals surface area contributed by atoms with Gasteiger partial charge in [0.15, 0.2) is 0 Å². The van der Waals surface area contributed by atoms with Crippen LogP contribution < -0.4 is 15.1 Å². The van der Waals surface area contributed by atoms with Gasteiger partial charge < -0.3 is 20.1 Å². The Morgan fingerprint density at radius 2 is 1.77 bits per heavy atom. The molecule has 1 spiro atoms. The maximum absolute atomic E-state index is 13.5. The molecule has 2 aliphatic carbocycles. The van der Waals surface area contributed by atoms with E-state index >= 15 is 0 Å². The van der Waals surface area contributed by atoms with Gasteiger partial charge in [-0.25, -0.2) is 13.4 Å². The quantitative estimate of drug-likeness (QED) is 0.383. The van der Waals surface area contributed by atoms with Crippen molar-refractivity contribution in [1.29, 1.82) is 0 Å². The number of rotatable bonds is 7. The number of aliphatic hydroxyl groups is 1. The van der Waals surface area contributed by atoms with Crippen LogP contribution in [0.4, 0.5) is 23.1 Å². The van der Waals surface area contributed by atoms with Crippen LogP contribution in [0.5, 0.6) is 0 Å². The molecule has 2 aromatic carbocycles. The van der Waals surface area contributed by atoms with Crippen molar-refractivity contribution < 1.29 is 23.1 Å². The SMILES string of the molecule is O=CC1CCN(c2cccc(S(=O)(=O)c3ccc(Nc4ncc5c(n4)N([C@@H]4CCC[C@@H](O)C4)C(=O)C54CC4)cc3)c2)CC1. The highest BCUT2D eigenvalue weighted by molar-refractivity contribution is 7.91. The van der Waals surface area contributed by atoms with Crippen LogP contribution in [0.15, 0.2) is 64.5 Å². The van der Waals surface area contributed by atoms with Crippen LogP contribution in [0.25, 0.3) is 0 Å². The average Bonchev–Trinajstić information content (AvgIpc) is 3.80. The molecule has 0 unspecified atom stereocenters. The zero-order valence-corrected chi connectivity index (χ0v) is 24.7. The summed E-state index contributed by atoms with van der Waals surface area (Å²) in [6, 6.07) is 13.4. The third-order valence-electron chi connectivity index (χ3n) is 9.52. The van der Waals surface area contributed by atoms with Crippen molar-refractivity contribution in [2.75, 3.05) is 28.2 Å². The van der Waals surface area contributed by atoms with Gasteiger partial charge in [0.1, 0.15) is 12.1 Å². The number of hydrogen-bond acceptors (Lipinski definition) is 9. The average molecular weight is 602 g/mol. The molecular formula is C32H35N5O5S. The summed E-state index contributed by atoms with van der Waals surface area (Å²) in [5.74, 6) is 1.08. The summed E-state index contributed by atoms with van der Waals surface area (Å²) in [6.07, 6.45) is 8.45. The normalized spacial score (nSPS) is 23.3. The molecular weight excluding hydrogens is 566 g/mol. The number of aldehydes is 1. The minimum Gasteiger partial charge on any atom is -0.393 e. The highest BCUT2D eigenvalue weighted by atomic mass is 32.2. The van der Waals surface area contributed by atoms with Crippen LogP contribution in [0.2, 0.25) is 0 Å². The van der Waals surface area contributed by atoms with Crippen molar-refractivity contribution in [2.24, 2.45) is 5.92 Å². The van der Waals surface area contributed by atoms with E-state index in [0.29, 0.717) is 37.0 Å². The Kier molecular flexibility index (Phi) is 6.97. The third kappa shape index (κ3) is 4.98. The second kappa shape index (κ2) is 10.7. The van der Waals surface area contributed by atoms with E-state index in [4.69, 9.17) is 4.98 Å². The number of nitrogens with zero attached hydrogens (tertiary/aromatic N) is 4. The first kappa shape index (κ1) is 28.0. The van der Waals surface area contributed by atoms with Gasteiger partial charge >= 0.3 is 0 Å². The van der Waals surface area contributed by atoms with E-state index < -0.39 is 21.4 Å². The molecule has 2 N–H and O–H groups in total. The fraction of sp³-hybridized carbons (Fsp3) is 0.438. The molecule has 1 amide bonds. The zero-order valence-electron chi connectivity index (χ0n) is 23.9. The number of hydrogen-bond donors (Lipinski definition) is 2. The highest BCUT2D eigenvalue weighted by Gasteiger charge is 2.61. The minimum atomic E-state index is -3.76. The molecule has 7 rings (SSSR count). The summed E-state index contributed by atoms with van der Waals surface area (Å²) in [5.41, 5.74) is 1.80. The predicted octanol–water partition coefficient (Wildman–Crippen LogP) is 4.15. The molecule has 10 nitrogen and oxygen atoms in total. The molecule has 0 bridgehead atoms. The molecule has 2 atom stereocenters. The maximum Gasteiger partial charge on any atom is 0.239 e. The fourth-order valence-corrected chi connectivity index (χ4v) is 8.14. The molecule has 2 aliphatic heterocycles. The number of benzene rings is 2. The third-order valence-corrected chi connectivity index (χ3v) is 11.3. The first-order valence-electron chi connectivity index (χ1n) is 15.1. The lowest BCUT2D eigenvalue weighted by atomic mass is 9.92. The molecule has 3 heterocycles. The van der Waals surface area contributed by atoms with E-state index in [9.17, 15) is 23.1 Å². The Labute approximate surface area is 251 Å². The number of amides is 1. The van der Waals surface area contributed by atoms with E-state index in [1.54, 1.807) is 53.6 Å². The number of anilines is 4. The second-order valence-electron chi connectivity index (χ2n) is 12.3. The van der Waals surface area contributed by atoms with Gasteiger partial charge in [0.2, 0.25) is 21.7 Å². The van der Waals surface area contributed by atoms with Gasteiger partial charge in [-0.15, -0.1) is 0 Å². The van der Waals surface area contributed by atoms with E-state index in [1.165, 1.54) is 0 Å². The van der Waals surface area contributed by atoms with Gasteiger partial charge in [0, 0.05) is 48.2 Å². The predicted molar refractivity (Wildman–Crippen MR) is 161 cm³/mol. The minimum absolute atomic E-state index is 0.0668. The van der Waals surface area contributed by atoms with Gasteiger partial charge in [-0.05, 0) is 93.8 Å². The molecule has 11 heteroatoms. The fourth-order valence-electron chi connectivity index (χ4n) is 6.84. The standard InChI is InChI=1S/C32H35N5O5S/c38-20-21-11-15-36(16-12-21)23-3-2-6-27(18-23)43(41,42)26-9-7-22(8-10-26)34-31-33-19-28-29(35-31)37(30(40)32(28)13-14-32)24-4-1-5-25(39)17-24/h2-3,6-10,18-21,24-25,39H,1,4-5,11-17H2,(H,33,34,35)/t24-,25-/m1/s1. The van der Waals surface area contributed by atoms with Crippen molar-refractivity contribution in [3.8, 4) is 0 Å². The number of sulfone groups is 1. The molecule has 2 saturated carbocycles. The lowest BCUT2D eigenvalue weighted by molar-refractivity contribution is -0.121. The molecule has 43 heavy (non-hydrogen) atoms. The zero-order chi connectivity index (χ0) is 29.8. The van der Waals surface area contributed by atoms with Crippen LogP contribution in [0, 0.1) is 5.92 Å². The largest absolute Gasteiger partial charge is 0.393 e. The Morgan fingerprint density at radius 3 is 2.47 bits per heavy atom. The second-order valence-corrected chi connectivity index (χ2v) is 14.2. The lowest BCUT2D eigenvalue weighted by Gasteiger charge is -2.33. The van der Waals surface area contributed by atoms with Gasteiger partial charge in [-0.2, -0.15) is 4.98 Å². The van der Waals surface area contributed by atoms with Crippen LogP contribution in [-0.2, 0) is 24.8 Å². The molecule has 1 aromatic heterocycles. The molecule has 4 aliphatic rings. The van der Waals surface area contributed by atoms with E-state index in [1.807, 2.05) is 6.07 Å². The summed E-state index contributed by atoms with van der Waals surface area (Å²) < 4.78 is 27.0. The Hall–Kier alpha value is -3.83. The van der Waals surface area contributed by atoms with Crippen molar-refractivity contribution >= 4 is 45.2 Å². The molecule has 0 radical (unpaired) electrons. The van der Waals surface area contributed by atoms with E-state index in [0.717, 1.165) is 62.5 Å².